The van der Waals surface area contributed by atoms with Crippen LogP contribution >= 0.6 is 0 Å². The molecule has 12 heteroatoms. The van der Waals surface area contributed by atoms with Gasteiger partial charge >= 0.3 is 12.0 Å². The van der Waals surface area contributed by atoms with Crippen molar-refractivity contribution in [3.8, 4) is 23.4 Å². The molecule has 0 atom stereocenters. The van der Waals surface area contributed by atoms with Crippen molar-refractivity contribution in [3.63, 3.8) is 0 Å². The average molecular weight is 475 g/mol. The predicted octanol–water partition coefficient (Wildman–Crippen LogP) is 2.93. The van der Waals surface area contributed by atoms with Crippen molar-refractivity contribution in [1.82, 2.24) is 24.8 Å². The molecule has 2 aromatic carbocycles. The minimum absolute atomic E-state index is 0.0552. The van der Waals surface area contributed by atoms with Crippen LogP contribution in [0, 0.1) is 12.3 Å². The van der Waals surface area contributed by atoms with Gasteiger partial charge in [-0.25, -0.2) is 9.78 Å². The zero-order valence-electron chi connectivity index (χ0n) is 19.0. The van der Waals surface area contributed by atoms with E-state index in [4.69, 9.17) is 20.6 Å². The molecule has 0 spiro atoms. The Labute approximate surface area is 198 Å². The first-order valence-corrected chi connectivity index (χ1v) is 10.3. The summed E-state index contributed by atoms with van der Waals surface area (Å²) in [6.45, 7) is 1.72. The number of hydrogen-bond acceptors (Lipinski definition) is 8. The van der Waals surface area contributed by atoms with Crippen molar-refractivity contribution in [1.29, 1.82) is 5.41 Å². The molecular formula is C23H21N7O5. The Balaban J connectivity index is 1.76. The highest BCUT2D eigenvalue weighted by atomic mass is 16.5. The summed E-state index contributed by atoms with van der Waals surface area (Å²) in [7, 11) is 3.29. The lowest BCUT2D eigenvalue weighted by Crippen LogP contribution is -2.21. The number of ether oxygens (including phenoxy) is 2. The Bertz CT molecular complexity index is 1480. The van der Waals surface area contributed by atoms with E-state index >= 15 is 0 Å². The largest absolute Gasteiger partial charge is 0.478 e. The first kappa shape index (κ1) is 23.2. The number of aromatic amines is 1. The van der Waals surface area contributed by atoms with Crippen molar-refractivity contribution in [2.45, 2.75) is 6.92 Å². The second-order valence-corrected chi connectivity index (χ2v) is 7.69. The Morgan fingerprint density at radius 2 is 1.83 bits per heavy atom. The lowest BCUT2D eigenvalue weighted by molar-refractivity contribution is 0.0693. The number of carbonyl (C=O) groups excluding carboxylic acids is 1. The van der Waals surface area contributed by atoms with Crippen molar-refractivity contribution in [2.75, 3.05) is 14.1 Å². The number of H-pyrrole nitrogens is 1. The summed E-state index contributed by atoms with van der Waals surface area (Å²) in [4.78, 5) is 41.3. The number of imidazole rings is 1. The minimum atomic E-state index is -1.24. The molecule has 2 aromatic heterocycles. The van der Waals surface area contributed by atoms with Crippen molar-refractivity contribution < 1.29 is 24.2 Å². The van der Waals surface area contributed by atoms with Gasteiger partial charge in [-0.1, -0.05) is 12.1 Å². The van der Waals surface area contributed by atoms with E-state index in [1.165, 1.54) is 23.1 Å². The molecule has 0 aliphatic carbocycles. The number of hydrogen-bond donors (Lipinski definition) is 4. The number of aromatic nitrogens is 4. The van der Waals surface area contributed by atoms with Crippen LogP contribution in [0.5, 0.6) is 23.4 Å². The van der Waals surface area contributed by atoms with Gasteiger partial charge in [0, 0.05) is 25.2 Å². The third-order valence-corrected chi connectivity index (χ3v) is 4.84. The Morgan fingerprint density at radius 1 is 1.06 bits per heavy atom. The molecule has 4 rings (SSSR count). The molecule has 178 valence electrons. The van der Waals surface area contributed by atoms with Crippen LogP contribution in [-0.4, -0.2) is 61.7 Å². The number of carboxylic acid groups (broad SMARTS) is 1. The number of nitrogens with zero attached hydrogens (tertiary/aromatic N) is 4. The predicted molar refractivity (Wildman–Crippen MR) is 125 cm³/mol. The smallest absolute Gasteiger partial charge is 0.339 e. The molecule has 0 bridgehead atoms. The fourth-order valence-corrected chi connectivity index (χ4v) is 3.20. The van der Waals surface area contributed by atoms with E-state index in [-0.39, 0.29) is 46.2 Å². The maximum atomic E-state index is 12.3. The molecule has 1 amide bonds. The molecule has 0 saturated heterocycles. The first-order chi connectivity index (χ1) is 16.6. The molecule has 12 nitrogen and oxygen atoms in total. The maximum Gasteiger partial charge on any atom is 0.339 e. The SMILES string of the molecule is Cc1nc2nc(Oc3cc(C(=N)N)ccc3C(=O)O)nc(Oc3cccc(C(=O)N(C)C)c3)c2[nH]1. The van der Waals surface area contributed by atoms with Gasteiger partial charge in [0.1, 0.15) is 34.2 Å². The maximum absolute atomic E-state index is 12.3. The molecule has 0 aliphatic rings. The topological polar surface area (TPSA) is 180 Å². The Hall–Kier alpha value is -5.00. The summed E-state index contributed by atoms with van der Waals surface area (Å²) in [6, 6.07) is 10.3. The summed E-state index contributed by atoms with van der Waals surface area (Å²) in [5, 5.41) is 17.1. The number of nitrogens with one attached hydrogen (secondary N) is 2. The number of rotatable bonds is 7. The molecule has 0 saturated carbocycles. The monoisotopic (exact) mass is 475 g/mol. The van der Waals surface area contributed by atoms with Crippen molar-refractivity contribution >= 4 is 28.9 Å². The molecule has 4 aromatic rings. The lowest BCUT2D eigenvalue weighted by atomic mass is 10.1. The van der Waals surface area contributed by atoms with Gasteiger partial charge in [-0.2, -0.15) is 9.97 Å². The van der Waals surface area contributed by atoms with Crippen molar-refractivity contribution in [3.05, 3.63) is 65.0 Å². The molecule has 0 aliphatic heterocycles. The molecule has 0 fully saturated rings. The second kappa shape index (κ2) is 9.09. The van der Waals surface area contributed by atoms with Crippen LogP contribution in [0.3, 0.4) is 0 Å². The fourth-order valence-electron chi connectivity index (χ4n) is 3.20. The van der Waals surface area contributed by atoms with E-state index in [1.54, 1.807) is 45.3 Å². The minimum Gasteiger partial charge on any atom is -0.478 e. The molecular weight excluding hydrogens is 454 g/mol. The highest BCUT2D eigenvalue weighted by molar-refractivity contribution is 5.98. The zero-order valence-corrected chi connectivity index (χ0v) is 19.0. The standard InChI is InChI=1S/C23H21N7O5/c1-11-26-17-19(27-11)28-23(35-16-10-12(18(24)25)7-8-15(16)22(32)33)29-20(17)34-14-6-4-5-13(9-14)21(31)30(2)3/h4-10H,1-3H3,(H3,24,25)(H,32,33)(H,26,27,28,29). The summed E-state index contributed by atoms with van der Waals surface area (Å²) < 4.78 is 11.7. The van der Waals surface area contributed by atoms with Gasteiger partial charge in [0.25, 0.3) is 11.8 Å². The summed E-state index contributed by atoms with van der Waals surface area (Å²) in [6.07, 6.45) is 0. The molecule has 2 heterocycles. The molecule has 0 unspecified atom stereocenters. The Kier molecular flexibility index (Phi) is 6.02. The number of carbonyl (C=O) groups is 2. The van der Waals surface area contributed by atoms with E-state index in [0.717, 1.165) is 0 Å². The first-order valence-electron chi connectivity index (χ1n) is 10.3. The van der Waals surface area contributed by atoms with Crippen LogP contribution in [0.25, 0.3) is 11.2 Å². The molecule has 0 radical (unpaired) electrons. The van der Waals surface area contributed by atoms with Gasteiger partial charge in [0.15, 0.2) is 5.65 Å². The van der Waals surface area contributed by atoms with E-state index < -0.39 is 5.97 Å². The third-order valence-electron chi connectivity index (χ3n) is 4.84. The number of carboxylic acids is 1. The third kappa shape index (κ3) is 4.85. The summed E-state index contributed by atoms with van der Waals surface area (Å²) in [5.41, 5.74) is 6.65. The van der Waals surface area contributed by atoms with E-state index in [2.05, 4.69) is 19.9 Å². The van der Waals surface area contributed by atoms with Gasteiger partial charge in [0.05, 0.1) is 0 Å². The number of aromatic carboxylic acids is 1. The van der Waals surface area contributed by atoms with Crippen LogP contribution in [0.4, 0.5) is 0 Å². The highest BCUT2D eigenvalue weighted by Gasteiger charge is 2.19. The van der Waals surface area contributed by atoms with Crippen LogP contribution in [0.1, 0.15) is 32.1 Å². The fraction of sp³-hybridized carbons (Fsp3) is 0.130. The van der Waals surface area contributed by atoms with Gasteiger partial charge in [-0.15, -0.1) is 0 Å². The lowest BCUT2D eigenvalue weighted by Gasteiger charge is -2.12. The van der Waals surface area contributed by atoms with Gasteiger partial charge in [-0.05, 0) is 37.3 Å². The number of aryl methyl sites for hydroxylation is 1. The number of amidine groups is 1. The Morgan fingerprint density at radius 3 is 2.51 bits per heavy atom. The number of nitrogen functional groups attached to an aromatic ring is 1. The summed E-state index contributed by atoms with van der Waals surface area (Å²) in [5.74, 6) is -0.886. The molecule has 35 heavy (non-hydrogen) atoms. The van der Waals surface area contributed by atoms with E-state index in [1.807, 2.05) is 0 Å². The average Bonchev–Trinajstić information content (AvgIpc) is 3.18. The number of fused-ring (bicyclic) bond motifs is 1. The number of amides is 1. The normalized spacial score (nSPS) is 10.7. The quantitative estimate of drug-likeness (QED) is 0.231. The van der Waals surface area contributed by atoms with Crippen LogP contribution in [0.2, 0.25) is 0 Å². The zero-order chi connectivity index (χ0) is 25.3. The molecule has 5 N–H and O–H groups in total. The number of benzene rings is 2. The second-order valence-electron chi connectivity index (χ2n) is 7.69. The van der Waals surface area contributed by atoms with E-state index in [0.29, 0.717) is 22.7 Å². The summed E-state index contributed by atoms with van der Waals surface area (Å²) >= 11 is 0. The number of nitrogens with two attached hydrogens (primary N) is 1. The van der Waals surface area contributed by atoms with Gasteiger partial charge < -0.3 is 30.2 Å². The van der Waals surface area contributed by atoms with Gasteiger partial charge in [0.2, 0.25) is 0 Å². The van der Waals surface area contributed by atoms with Crippen LogP contribution in [0.15, 0.2) is 42.5 Å². The van der Waals surface area contributed by atoms with Crippen molar-refractivity contribution in [2.24, 2.45) is 5.73 Å². The van der Waals surface area contributed by atoms with Gasteiger partial charge in [-0.3, -0.25) is 10.2 Å². The highest BCUT2D eigenvalue weighted by Crippen LogP contribution is 2.31. The van der Waals surface area contributed by atoms with Crippen LogP contribution in [-0.2, 0) is 0 Å². The van der Waals surface area contributed by atoms with Crippen LogP contribution < -0.4 is 15.2 Å². The van der Waals surface area contributed by atoms with E-state index in [9.17, 15) is 14.7 Å².